The third kappa shape index (κ3) is 4.83. The maximum atomic E-state index is 12.6. The predicted octanol–water partition coefficient (Wildman–Crippen LogP) is 2.47. The summed E-state index contributed by atoms with van der Waals surface area (Å²) in [5, 5.41) is 3.07. The molecule has 6 heteroatoms. The van der Waals surface area contributed by atoms with Crippen LogP contribution < -0.4 is 5.32 Å². The lowest BCUT2D eigenvalue weighted by Gasteiger charge is -2.37. The van der Waals surface area contributed by atoms with Gasteiger partial charge in [-0.3, -0.25) is 14.6 Å². The van der Waals surface area contributed by atoms with Crippen LogP contribution in [-0.2, 0) is 17.9 Å². The van der Waals surface area contributed by atoms with Gasteiger partial charge in [-0.25, -0.2) is 4.98 Å². The zero-order valence-corrected chi connectivity index (χ0v) is 17.2. The van der Waals surface area contributed by atoms with Crippen molar-refractivity contribution in [2.75, 3.05) is 26.2 Å². The first-order valence-corrected chi connectivity index (χ1v) is 10.3. The Kier molecular flexibility index (Phi) is 5.92. The fourth-order valence-electron chi connectivity index (χ4n) is 3.81. The van der Waals surface area contributed by atoms with Crippen molar-refractivity contribution in [3.63, 3.8) is 0 Å². The van der Waals surface area contributed by atoms with Gasteiger partial charge in [0.1, 0.15) is 5.65 Å². The van der Waals surface area contributed by atoms with E-state index in [1.165, 1.54) is 5.56 Å². The summed E-state index contributed by atoms with van der Waals surface area (Å²) in [6, 6.07) is 14.2. The van der Waals surface area contributed by atoms with Gasteiger partial charge in [-0.15, -0.1) is 0 Å². The number of imidazole rings is 1. The van der Waals surface area contributed by atoms with Crippen molar-refractivity contribution < 1.29 is 4.79 Å². The molecule has 1 aliphatic rings. The van der Waals surface area contributed by atoms with Crippen molar-refractivity contribution in [1.29, 1.82) is 0 Å². The molecule has 29 heavy (non-hydrogen) atoms. The Morgan fingerprint density at radius 2 is 1.86 bits per heavy atom. The van der Waals surface area contributed by atoms with Gasteiger partial charge >= 0.3 is 0 Å². The van der Waals surface area contributed by atoms with Crippen LogP contribution >= 0.6 is 0 Å². The van der Waals surface area contributed by atoms with E-state index in [0.717, 1.165) is 49.6 Å². The summed E-state index contributed by atoms with van der Waals surface area (Å²) >= 11 is 0. The molecule has 0 spiro atoms. The SMILES string of the molecule is Cc1ccc(CNC(=O)C(C)N2CCN(Cc3cn4ccccc4n3)CC2)cc1. The molecular formula is C23H29N5O. The number of nitrogens with one attached hydrogen (secondary N) is 1. The summed E-state index contributed by atoms with van der Waals surface area (Å²) in [4.78, 5) is 21.9. The van der Waals surface area contributed by atoms with E-state index in [0.29, 0.717) is 6.54 Å². The third-order valence-corrected chi connectivity index (χ3v) is 5.72. The Morgan fingerprint density at radius 3 is 2.59 bits per heavy atom. The molecule has 1 saturated heterocycles. The lowest BCUT2D eigenvalue weighted by molar-refractivity contribution is -0.126. The number of hydrogen-bond donors (Lipinski definition) is 1. The van der Waals surface area contributed by atoms with E-state index in [4.69, 9.17) is 4.98 Å². The summed E-state index contributed by atoms with van der Waals surface area (Å²) in [7, 11) is 0. The zero-order chi connectivity index (χ0) is 20.2. The van der Waals surface area contributed by atoms with Crippen molar-refractivity contribution in [3.05, 3.63) is 71.7 Å². The number of carbonyl (C=O) groups is 1. The van der Waals surface area contributed by atoms with Gasteiger partial charge in [0.15, 0.2) is 0 Å². The molecule has 1 amide bonds. The van der Waals surface area contributed by atoms with Crippen LogP contribution in [0.15, 0.2) is 54.9 Å². The van der Waals surface area contributed by atoms with Gasteiger partial charge in [0.25, 0.3) is 0 Å². The molecule has 4 rings (SSSR count). The van der Waals surface area contributed by atoms with Crippen LogP contribution in [-0.4, -0.2) is 57.3 Å². The maximum Gasteiger partial charge on any atom is 0.237 e. The summed E-state index contributed by atoms with van der Waals surface area (Å²) in [5.41, 5.74) is 4.44. The number of amides is 1. The smallest absolute Gasteiger partial charge is 0.237 e. The fourth-order valence-corrected chi connectivity index (χ4v) is 3.81. The zero-order valence-electron chi connectivity index (χ0n) is 17.2. The molecule has 1 aliphatic heterocycles. The molecule has 152 valence electrons. The van der Waals surface area contributed by atoms with Gasteiger partial charge in [-0.2, -0.15) is 0 Å². The summed E-state index contributed by atoms with van der Waals surface area (Å²) in [6.45, 7) is 9.19. The second-order valence-corrected chi connectivity index (χ2v) is 7.89. The van der Waals surface area contributed by atoms with Crippen LogP contribution in [0.4, 0.5) is 0 Å². The van der Waals surface area contributed by atoms with Gasteiger partial charge in [0.05, 0.1) is 11.7 Å². The number of rotatable bonds is 6. The van der Waals surface area contributed by atoms with Crippen molar-refractivity contribution in [2.45, 2.75) is 33.0 Å². The minimum absolute atomic E-state index is 0.0966. The largest absolute Gasteiger partial charge is 0.351 e. The molecule has 0 saturated carbocycles. The van der Waals surface area contributed by atoms with Gasteiger partial charge in [-0.1, -0.05) is 35.9 Å². The Morgan fingerprint density at radius 1 is 1.10 bits per heavy atom. The number of benzene rings is 1. The number of aromatic nitrogens is 2. The van der Waals surface area contributed by atoms with E-state index in [1.54, 1.807) is 0 Å². The lowest BCUT2D eigenvalue weighted by Crippen LogP contribution is -2.53. The van der Waals surface area contributed by atoms with Crippen LogP contribution in [0.1, 0.15) is 23.7 Å². The van der Waals surface area contributed by atoms with Crippen LogP contribution in [0, 0.1) is 6.92 Å². The van der Waals surface area contributed by atoms with Gasteiger partial charge in [-0.05, 0) is 31.5 Å². The number of hydrogen-bond acceptors (Lipinski definition) is 4. The van der Waals surface area contributed by atoms with E-state index < -0.39 is 0 Å². The lowest BCUT2D eigenvalue weighted by atomic mass is 10.1. The van der Waals surface area contributed by atoms with E-state index in [9.17, 15) is 4.79 Å². The molecule has 0 bridgehead atoms. The van der Waals surface area contributed by atoms with Crippen molar-refractivity contribution in [2.24, 2.45) is 0 Å². The second-order valence-electron chi connectivity index (χ2n) is 7.89. The van der Waals surface area contributed by atoms with Gasteiger partial charge in [0, 0.05) is 51.7 Å². The Hall–Kier alpha value is -2.70. The van der Waals surface area contributed by atoms with Gasteiger partial charge in [0.2, 0.25) is 5.91 Å². The highest BCUT2D eigenvalue weighted by Crippen LogP contribution is 2.12. The first kappa shape index (κ1) is 19.6. The van der Waals surface area contributed by atoms with Crippen molar-refractivity contribution in [3.8, 4) is 0 Å². The molecule has 3 heterocycles. The number of carbonyl (C=O) groups excluding carboxylic acids is 1. The highest BCUT2D eigenvalue weighted by atomic mass is 16.2. The number of aryl methyl sites for hydroxylation is 1. The molecular weight excluding hydrogens is 362 g/mol. The van der Waals surface area contributed by atoms with E-state index in [2.05, 4.69) is 56.9 Å². The average molecular weight is 392 g/mol. The number of pyridine rings is 1. The Labute approximate surface area is 172 Å². The van der Waals surface area contributed by atoms with Crippen LogP contribution in [0.2, 0.25) is 0 Å². The summed E-state index contributed by atoms with van der Waals surface area (Å²) in [5.74, 6) is 0.0966. The molecule has 2 aromatic heterocycles. The maximum absolute atomic E-state index is 12.6. The molecule has 6 nitrogen and oxygen atoms in total. The first-order chi connectivity index (χ1) is 14.1. The minimum Gasteiger partial charge on any atom is -0.351 e. The third-order valence-electron chi connectivity index (χ3n) is 5.72. The van der Waals surface area contributed by atoms with E-state index in [-0.39, 0.29) is 11.9 Å². The molecule has 0 aliphatic carbocycles. The van der Waals surface area contributed by atoms with E-state index in [1.807, 2.05) is 31.3 Å². The first-order valence-electron chi connectivity index (χ1n) is 10.3. The van der Waals surface area contributed by atoms with Crippen molar-refractivity contribution >= 4 is 11.6 Å². The minimum atomic E-state index is -0.113. The molecule has 3 aromatic rings. The normalized spacial score (nSPS) is 16.8. The van der Waals surface area contributed by atoms with Gasteiger partial charge < -0.3 is 9.72 Å². The average Bonchev–Trinajstić information content (AvgIpc) is 3.15. The van der Waals surface area contributed by atoms with Crippen molar-refractivity contribution in [1.82, 2.24) is 24.5 Å². The highest BCUT2D eigenvalue weighted by Gasteiger charge is 2.25. The Balaban J connectivity index is 1.24. The van der Waals surface area contributed by atoms with E-state index >= 15 is 0 Å². The second kappa shape index (κ2) is 8.76. The monoisotopic (exact) mass is 391 g/mol. The molecule has 1 unspecified atom stereocenters. The fraction of sp³-hybridized carbons (Fsp3) is 0.391. The highest BCUT2D eigenvalue weighted by molar-refractivity contribution is 5.81. The number of fused-ring (bicyclic) bond motifs is 1. The summed E-state index contributed by atoms with van der Waals surface area (Å²) < 4.78 is 2.06. The number of piperazine rings is 1. The molecule has 1 atom stereocenters. The van der Waals surface area contributed by atoms with Crippen LogP contribution in [0.25, 0.3) is 5.65 Å². The Bertz CT molecular complexity index is 924. The summed E-state index contributed by atoms with van der Waals surface area (Å²) in [6.07, 6.45) is 4.13. The standard InChI is InChI=1S/C23H29N5O/c1-18-6-8-20(9-7-18)15-24-23(29)19(2)27-13-11-26(12-14-27)16-21-17-28-10-4-3-5-22(28)25-21/h3-10,17,19H,11-16H2,1-2H3,(H,24,29). The molecule has 0 radical (unpaired) electrons. The number of nitrogens with zero attached hydrogens (tertiary/aromatic N) is 4. The molecule has 1 N–H and O–H groups in total. The van der Waals surface area contributed by atoms with Crippen LogP contribution in [0.5, 0.6) is 0 Å². The van der Waals surface area contributed by atoms with Crippen LogP contribution in [0.3, 0.4) is 0 Å². The predicted molar refractivity (Wildman–Crippen MR) is 115 cm³/mol. The molecule has 1 aromatic carbocycles. The quantitative estimate of drug-likeness (QED) is 0.701. The molecule has 1 fully saturated rings. The topological polar surface area (TPSA) is 52.9 Å².